The second-order valence-corrected chi connectivity index (χ2v) is 5.07. The zero-order valence-electron chi connectivity index (χ0n) is 11.0. The molecule has 0 aromatic rings. The van der Waals surface area contributed by atoms with E-state index in [1.165, 1.54) is 6.42 Å². The van der Waals surface area contributed by atoms with Gasteiger partial charge in [-0.3, -0.25) is 4.79 Å². The van der Waals surface area contributed by atoms with Crippen LogP contribution in [0.15, 0.2) is 0 Å². The maximum atomic E-state index is 12.5. The Balaban J connectivity index is 2.73. The Bertz CT molecular complexity index is 234. The van der Waals surface area contributed by atoms with Crippen LogP contribution in [0.1, 0.15) is 59.3 Å². The highest BCUT2D eigenvalue weighted by Gasteiger charge is 2.38. The predicted octanol–water partition coefficient (Wildman–Crippen LogP) is 2.29. The average Bonchev–Trinajstić information content (AvgIpc) is 2.30. The molecule has 1 rings (SSSR count). The Morgan fingerprint density at radius 3 is 2.31 bits per heavy atom. The lowest BCUT2D eigenvalue weighted by atomic mass is 9.81. The molecule has 0 aliphatic heterocycles. The van der Waals surface area contributed by atoms with Crippen LogP contribution in [0.2, 0.25) is 0 Å². The molecule has 3 heteroatoms. The van der Waals surface area contributed by atoms with E-state index in [-0.39, 0.29) is 5.91 Å². The van der Waals surface area contributed by atoms with E-state index < -0.39 is 5.54 Å². The number of hydrogen-bond acceptors (Lipinski definition) is 2. The standard InChI is InChI=1S/C13H26N2O/c1-4-11(3)15(5-2)12(16)13(14)9-7-6-8-10-13/h11H,4-10,14H2,1-3H3. The summed E-state index contributed by atoms with van der Waals surface area (Å²) in [4.78, 5) is 14.4. The maximum Gasteiger partial charge on any atom is 0.242 e. The minimum atomic E-state index is -0.572. The molecule has 94 valence electrons. The second kappa shape index (κ2) is 5.67. The molecule has 1 aliphatic rings. The van der Waals surface area contributed by atoms with E-state index >= 15 is 0 Å². The summed E-state index contributed by atoms with van der Waals surface area (Å²) in [5.41, 5.74) is 5.71. The highest BCUT2D eigenvalue weighted by Crippen LogP contribution is 2.28. The first-order chi connectivity index (χ1) is 7.55. The molecule has 1 atom stereocenters. The van der Waals surface area contributed by atoms with Crippen molar-refractivity contribution in [3.63, 3.8) is 0 Å². The van der Waals surface area contributed by atoms with Gasteiger partial charge in [-0.25, -0.2) is 0 Å². The van der Waals surface area contributed by atoms with E-state index in [0.717, 1.165) is 38.6 Å². The lowest BCUT2D eigenvalue weighted by Gasteiger charge is -2.39. The number of likely N-dealkylation sites (N-methyl/N-ethyl adjacent to an activating group) is 1. The quantitative estimate of drug-likeness (QED) is 0.799. The molecule has 0 spiro atoms. The number of rotatable bonds is 4. The fourth-order valence-electron chi connectivity index (χ4n) is 2.56. The van der Waals surface area contributed by atoms with Gasteiger partial charge in [0, 0.05) is 12.6 Å². The Morgan fingerprint density at radius 1 is 1.31 bits per heavy atom. The first-order valence-electron chi connectivity index (χ1n) is 6.65. The van der Waals surface area contributed by atoms with Crippen LogP contribution in [0.25, 0.3) is 0 Å². The molecule has 1 fully saturated rings. The molecule has 3 nitrogen and oxygen atoms in total. The summed E-state index contributed by atoms with van der Waals surface area (Å²) < 4.78 is 0. The van der Waals surface area contributed by atoms with Crippen molar-refractivity contribution in [1.82, 2.24) is 4.90 Å². The Labute approximate surface area is 99.4 Å². The van der Waals surface area contributed by atoms with Crippen molar-refractivity contribution in [2.75, 3.05) is 6.54 Å². The van der Waals surface area contributed by atoms with E-state index in [1.54, 1.807) is 0 Å². The largest absolute Gasteiger partial charge is 0.339 e. The fraction of sp³-hybridized carbons (Fsp3) is 0.923. The lowest BCUT2D eigenvalue weighted by Crippen LogP contribution is -2.58. The molecule has 0 bridgehead atoms. The van der Waals surface area contributed by atoms with Crippen LogP contribution in [0.4, 0.5) is 0 Å². The molecule has 1 aliphatic carbocycles. The van der Waals surface area contributed by atoms with E-state index in [2.05, 4.69) is 13.8 Å². The number of amides is 1. The fourth-order valence-corrected chi connectivity index (χ4v) is 2.56. The number of nitrogens with two attached hydrogens (primary N) is 1. The molecular weight excluding hydrogens is 200 g/mol. The third-order valence-corrected chi connectivity index (χ3v) is 3.90. The molecule has 0 aromatic carbocycles. The van der Waals surface area contributed by atoms with E-state index in [0.29, 0.717) is 6.04 Å². The molecular formula is C13H26N2O. The predicted molar refractivity (Wildman–Crippen MR) is 67.1 cm³/mol. The number of carbonyl (C=O) groups excluding carboxylic acids is 1. The van der Waals surface area contributed by atoms with E-state index in [4.69, 9.17) is 5.73 Å². The SMILES string of the molecule is CCC(C)N(CC)C(=O)C1(N)CCCCC1. The number of carbonyl (C=O) groups is 1. The molecule has 16 heavy (non-hydrogen) atoms. The normalized spacial score (nSPS) is 21.5. The van der Waals surface area contributed by atoms with Crippen LogP contribution in [0.5, 0.6) is 0 Å². The summed E-state index contributed by atoms with van der Waals surface area (Å²) in [7, 11) is 0. The average molecular weight is 226 g/mol. The lowest BCUT2D eigenvalue weighted by molar-refractivity contribution is -0.140. The molecule has 0 saturated heterocycles. The van der Waals surface area contributed by atoms with Gasteiger partial charge in [0.1, 0.15) is 0 Å². The van der Waals surface area contributed by atoms with Crippen LogP contribution in [-0.2, 0) is 4.79 Å². The van der Waals surface area contributed by atoms with Gasteiger partial charge in [0.15, 0.2) is 0 Å². The minimum absolute atomic E-state index is 0.170. The molecule has 0 radical (unpaired) electrons. The minimum Gasteiger partial charge on any atom is -0.339 e. The van der Waals surface area contributed by atoms with E-state index in [1.807, 2.05) is 11.8 Å². The number of nitrogens with zero attached hydrogens (tertiary/aromatic N) is 1. The first-order valence-corrected chi connectivity index (χ1v) is 6.65. The zero-order valence-corrected chi connectivity index (χ0v) is 11.0. The van der Waals surface area contributed by atoms with Gasteiger partial charge < -0.3 is 10.6 Å². The van der Waals surface area contributed by atoms with Crippen molar-refractivity contribution in [3.8, 4) is 0 Å². The van der Waals surface area contributed by atoms with Crippen LogP contribution in [0, 0.1) is 0 Å². The van der Waals surface area contributed by atoms with Crippen LogP contribution >= 0.6 is 0 Å². The van der Waals surface area contributed by atoms with Gasteiger partial charge in [-0.15, -0.1) is 0 Å². The van der Waals surface area contributed by atoms with Gasteiger partial charge in [0.05, 0.1) is 5.54 Å². The van der Waals surface area contributed by atoms with E-state index in [9.17, 15) is 4.79 Å². The summed E-state index contributed by atoms with van der Waals surface area (Å²) in [6, 6.07) is 0.305. The summed E-state index contributed by atoms with van der Waals surface area (Å²) in [5.74, 6) is 0.170. The maximum absolute atomic E-state index is 12.5. The summed E-state index contributed by atoms with van der Waals surface area (Å²) in [6.45, 7) is 7.03. The van der Waals surface area contributed by atoms with Gasteiger partial charge in [-0.2, -0.15) is 0 Å². The second-order valence-electron chi connectivity index (χ2n) is 5.07. The van der Waals surface area contributed by atoms with Gasteiger partial charge >= 0.3 is 0 Å². The third-order valence-electron chi connectivity index (χ3n) is 3.90. The smallest absolute Gasteiger partial charge is 0.242 e. The first kappa shape index (κ1) is 13.5. The van der Waals surface area contributed by atoms with Crippen molar-refractivity contribution < 1.29 is 4.79 Å². The van der Waals surface area contributed by atoms with Crippen molar-refractivity contribution in [2.45, 2.75) is 70.9 Å². The van der Waals surface area contributed by atoms with Crippen LogP contribution in [-0.4, -0.2) is 28.9 Å². The van der Waals surface area contributed by atoms with Crippen LogP contribution < -0.4 is 5.73 Å². The molecule has 1 saturated carbocycles. The summed E-state index contributed by atoms with van der Waals surface area (Å²) in [5, 5.41) is 0. The third kappa shape index (κ3) is 2.76. The Kier molecular flexibility index (Phi) is 4.78. The molecule has 2 N–H and O–H groups in total. The van der Waals surface area contributed by atoms with Crippen molar-refractivity contribution in [3.05, 3.63) is 0 Å². The highest BCUT2D eigenvalue weighted by molar-refractivity contribution is 5.86. The van der Waals surface area contributed by atoms with Gasteiger partial charge in [0.25, 0.3) is 0 Å². The Hall–Kier alpha value is -0.570. The van der Waals surface area contributed by atoms with Gasteiger partial charge in [0.2, 0.25) is 5.91 Å². The number of hydrogen-bond donors (Lipinski definition) is 1. The summed E-state index contributed by atoms with van der Waals surface area (Å²) in [6.07, 6.45) is 6.13. The highest BCUT2D eigenvalue weighted by atomic mass is 16.2. The molecule has 1 amide bonds. The molecule has 0 heterocycles. The zero-order chi connectivity index (χ0) is 12.2. The van der Waals surface area contributed by atoms with Crippen molar-refractivity contribution >= 4 is 5.91 Å². The van der Waals surface area contributed by atoms with Gasteiger partial charge in [-0.1, -0.05) is 26.2 Å². The molecule has 0 aromatic heterocycles. The monoisotopic (exact) mass is 226 g/mol. The van der Waals surface area contributed by atoms with Crippen molar-refractivity contribution in [2.24, 2.45) is 5.73 Å². The van der Waals surface area contributed by atoms with Crippen LogP contribution in [0.3, 0.4) is 0 Å². The summed E-state index contributed by atoms with van der Waals surface area (Å²) >= 11 is 0. The van der Waals surface area contributed by atoms with Gasteiger partial charge in [-0.05, 0) is 33.1 Å². The topological polar surface area (TPSA) is 46.3 Å². The Morgan fingerprint density at radius 2 is 1.88 bits per heavy atom. The molecule has 1 unspecified atom stereocenters. The van der Waals surface area contributed by atoms with Crippen molar-refractivity contribution in [1.29, 1.82) is 0 Å².